The van der Waals surface area contributed by atoms with Gasteiger partial charge in [-0.15, -0.1) is 0 Å². The molecule has 18 heavy (non-hydrogen) atoms. The summed E-state index contributed by atoms with van der Waals surface area (Å²) in [6, 6.07) is 4.86. The van der Waals surface area contributed by atoms with Crippen LogP contribution < -0.4 is 5.32 Å². The fourth-order valence-electron chi connectivity index (χ4n) is 1.30. The zero-order valence-electron chi connectivity index (χ0n) is 10.2. The van der Waals surface area contributed by atoms with E-state index in [1.165, 1.54) is 0 Å². The molecule has 0 bridgehead atoms. The monoisotopic (exact) mass is 313 g/mol. The molecule has 1 aromatic rings. The van der Waals surface area contributed by atoms with Crippen molar-refractivity contribution in [1.29, 1.82) is 0 Å². The van der Waals surface area contributed by atoms with Crippen molar-refractivity contribution < 1.29 is 14.6 Å². The topological polar surface area (TPSA) is 58.6 Å². The minimum atomic E-state index is -0.938. The van der Waals surface area contributed by atoms with E-state index >= 15 is 0 Å². The summed E-state index contributed by atoms with van der Waals surface area (Å²) in [5.41, 5.74) is 2.09. The number of hydrogen-bond donors (Lipinski definition) is 2. The molecule has 2 N–H and O–H groups in total. The Labute approximate surface area is 115 Å². The summed E-state index contributed by atoms with van der Waals surface area (Å²) in [5, 5.41) is 12.0. The van der Waals surface area contributed by atoms with Crippen molar-refractivity contribution in [2.24, 2.45) is 0 Å². The molecule has 4 nitrogen and oxygen atoms in total. The van der Waals surface area contributed by atoms with Crippen LogP contribution in [-0.2, 0) is 4.74 Å². The quantitative estimate of drug-likeness (QED) is 0.599. The van der Waals surface area contributed by atoms with Crippen LogP contribution in [0.1, 0.15) is 17.3 Å². The van der Waals surface area contributed by atoms with Gasteiger partial charge in [0.2, 0.25) is 0 Å². The van der Waals surface area contributed by atoms with Gasteiger partial charge in [-0.3, -0.25) is 0 Å². The van der Waals surface area contributed by atoms with Crippen molar-refractivity contribution in [2.75, 3.05) is 25.1 Å². The van der Waals surface area contributed by atoms with Crippen LogP contribution in [-0.4, -0.2) is 30.8 Å². The van der Waals surface area contributed by atoms with E-state index in [1.54, 1.807) is 18.2 Å². The van der Waals surface area contributed by atoms with Gasteiger partial charge in [-0.05, 0) is 41.1 Å². The molecule has 5 heteroatoms. The van der Waals surface area contributed by atoms with Crippen molar-refractivity contribution in [3.05, 3.63) is 40.4 Å². The van der Waals surface area contributed by atoms with Crippen LogP contribution in [0.25, 0.3) is 0 Å². The van der Waals surface area contributed by atoms with Crippen LogP contribution in [0.3, 0.4) is 0 Å². The van der Waals surface area contributed by atoms with Crippen LogP contribution in [0.5, 0.6) is 0 Å². The van der Waals surface area contributed by atoms with E-state index in [2.05, 4.69) is 27.8 Å². The molecule has 98 valence electrons. The summed E-state index contributed by atoms with van der Waals surface area (Å²) in [5.74, 6) is -0.938. The number of ether oxygens (including phenoxy) is 1. The van der Waals surface area contributed by atoms with Crippen molar-refractivity contribution in [2.45, 2.75) is 6.92 Å². The van der Waals surface area contributed by atoms with Gasteiger partial charge in [-0.1, -0.05) is 12.2 Å². The smallest absolute Gasteiger partial charge is 0.335 e. The highest BCUT2D eigenvalue weighted by Crippen LogP contribution is 2.23. The molecule has 0 aliphatic heterocycles. The highest BCUT2D eigenvalue weighted by atomic mass is 79.9. The standard InChI is InChI=1S/C13H16BrNO3/c1-9(2)8-18-6-5-15-12-4-3-10(13(16)17)7-11(12)14/h3-4,7,15H,1,5-6,8H2,2H3,(H,16,17). The number of anilines is 1. The molecule has 0 radical (unpaired) electrons. The average molecular weight is 314 g/mol. The van der Waals surface area contributed by atoms with Crippen LogP contribution in [0.4, 0.5) is 5.69 Å². The van der Waals surface area contributed by atoms with Gasteiger partial charge in [0.15, 0.2) is 0 Å². The number of carboxylic acids is 1. The maximum atomic E-state index is 10.8. The second-order valence-electron chi connectivity index (χ2n) is 3.94. The normalized spacial score (nSPS) is 10.1. The molecule has 0 aliphatic carbocycles. The molecule has 0 spiro atoms. The molecule has 0 heterocycles. The minimum Gasteiger partial charge on any atom is -0.478 e. The van der Waals surface area contributed by atoms with Gasteiger partial charge < -0.3 is 15.2 Å². The molecule has 1 aromatic carbocycles. The highest BCUT2D eigenvalue weighted by molar-refractivity contribution is 9.10. The summed E-state index contributed by atoms with van der Waals surface area (Å²) in [6.45, 7) is 7.43. The SMILES string of the molecule is C=C(C)COCCNc1ccc(C(=O)O)cc1Br. The lowest BCUT2D eigenvalue weighted by Crippen LogP contribution is -2.10. The van der Waals surface area contributed by atoms with E-state index in [4.69, 9.17) is 9.84 Å². The van der Waals surface area contributed by atoms with E-state index in [-0.39, 0.29) is 5.56 Å². The van der Waals surface area contributed by atoms with E-state index in [0.29, 0.717) is 19.8 Å². The Bertz CT molecular complexity index is 446. The fraction of sp³-hybridized carbons (Fsp3) is 0.308. The summed E-state index contributed by atoms with van der Waals surface area (Å²) < 4.78 is 6.07. The molecule has 0 saturated carbocycles. The maximum absolute atomic E-state index is 10.8. The van der Waals surface area contributed by atoms with E-state index < -0.39 is 5.97 Å². The molecule has 0 aromatic heterocycles. The maximum Gasteiger partial charge on any atom is 0.335 e. The first kappa shape index (κ1) is 14.7. The van der Waals surface area contributed by atoms with Crippen molar-refractivity contribution >= 4 is 27.6 Å². The van der Waals surface area contributed by atoms with Gasteiger partial charge in [0.25, 0.3) is 0 Å². The van der Waals surface area contributed by atoms with Gasteiger partial charge in [-0.25, -0.2) is 4.79 Å². The second kappa shape index (κ2) is 7.18. The summed E-state index contributed by atoms with van der Waals surface area (Å²) >= 11 is 3.33. The molecule has 0 fully saturated rings. The number of nitrogens with one attached hydrogen (secondary N) is 1. The third kappa shape index (κ3) is 4.89. The third-order valence-corrected chi connectivity index (χ3v) is 2.78. The van der Waals surface area contributed by atoms with Crippen LogP contribution in [0, 0.1) is 0 Å². The minimum absolute atomic E-state index is 0.256. The largest absolute Gasteiger partial charge is 0.478 e. The summed E-state index contributed by atoms with van der Waals surface area (Å²) in [6.07, 6.45) is 0. The number of benzene rings is 1. The zero-order valence-corrected chi connectivity index (χ0v) is 11.8. The van der Waals surface area contributed by atoms with Crippen molar-refractivity contribution in [3.8, 4) is 0 Å². The first-order valence-electron chi connectivity index (χ1n) is 5.49. The lowest BCUT2D eigenvalue weighted by molar-refractivity contribution is 0.0697. The highest BCUT2D eigenvalue weighted by Gasteiger charge is 2.06. The first-order chi connectivity index (χ1) is 8.50. The number of hydrogen-bond acceptors (Lipinski definition) is 3. The van der Waals surface area contributed by atoms with E-state index in [1.807, 2.05) is 6.92 Å². The molecule has 0 aliphatic rings. The van der Waals surface area contributed by atoms with Crippen molar-refractivity contribution in [3.63, 3.8) is 0 Å². The lowest BCUT2D eigenvalue weighted by Gasteiger charge is -2.09. The number of carboxylic acid groups (broad SMARTS) is 1. The predicted octanol–water partition coefficient (Wildman–Crippen LogP) is 3.15. The zero-order chi connectivity index (χ0) is 13.5. The summed E-state index contributed by atoms with van der Waals surface area (Å²) in [7, 11) is 0. The molecular formula is C13H16BrNO3. The third-order valence-electron chi connectivity index (χ3n) is 2.13. The molecule has 0 atom stereocenters. The van der Waals surface area contributed by atoms with Gasteiger partial charge in [0, 0.05) is 16.7 Å². The number of aromatic carboxylic acids is 1. The Morgan fingerprint density at radius 2 is 2.28 bits per heavy atom. The Morgan fingerprint density at radius 1 is 1.56 bits per heavy atom. The first-order valence-corrected chi connectivity index (χ1v) is 6.29. The molecule has 0 saturated heterocycles. The average Bonchev–Trinajstić information content (AvgIpc) is 2.29. The van der Waals surface area contributed by atoms with Crippen LogP contribution in [0.15, 0.2) is 34.8 Å². The van der Waals surface area contributed by atoms with Gasteiger partial charge in [-0.2, -0.15) is 0 Å². The van der Waals surface area contributed by atoms with Gasteiger partial charge in [0.1, 0.15) is 0 Å². The Kier molecular flexibility index (Phi) is 5.88. The van der Waals surface area contributed by atoms with Crippen molar-refractivity contribution in [1.82, 2.24) is 0 Å². The fourth-order valence-corrected chi connectivity index (χ4v) is 1.81. The number of carbonyl (C=O) groups is 1. The van der Waals surface area contributed by atoms with Gasteiger partial charge in [0.05, 0.1) is 18.8 Å². The molecule has 0 amide bonds. The van der Waals surface area contributed by atoms with Crippen LogP contribution in [0.2, 0.25) is 0 Å². The van der Waals surface area contributed by atoms with E-state index in [9.17, 15) is 4.79 Å². The predicted molar refractivity (Wildman–Crippen MR) is 75.2 cm³/mol. The molecular weight excluding hydrogens is 298 g/mol. The van der Waals surface area contributed by atoms with Gasteiger partial charge >= 0.3 is 5.97 Å². The number of halogens is 1. The van der Waals surface area contributed by atoms with E-state index in [0.717, 1.165) is 15.7 Å². The summed E-state index contributed by atoms with van der Waals surface area (Å²) in [4.78, 5) is 10.8. The Balaban J connectivity index is 2.43. The molecule has 0 unspecified atom stereocenters. The molecule has 1 rings (SSSR count). The van der Waals surface area contributed by atoms with Crippen LogP contribution >= 0.6 is 15.9 Å². The lowest BCUT2D eigenvalue weighted by atomic mass is 10.2. The Hall–Kier alpha value is -1.33. The Morgan fingerprint density at radius 3 is 2.83 bits per heavy atom. The number of rotatable bonds is 7. The second-order valence-corrected chi connectivity index (χ2v) is 4.79.